The summed E-state index contributed by atoms with van der Waals surface area (Å²) in [6.07, 6.45) is 11.3. The Morgan fingerprint density at radius 1 is 0.842 bits per heavy atom. The maximum absolute atomic E-state index is 12.0. The van der Waals surface area contributed by atoms with Gasteiger partial charge >= 0.3 is 5.97 Å². The molecule has 0 aliphatic heterocycles. The molecule has 0 heterocycles. The van der Waals surface area contributed by atoms with Gasteiger partial charge in [-0.25, -0.2) is 4.79 Å². The number of hydrogen-bond donors (Lipinski definition) is 0. The van der Waals surface area contributed by atoms with Crippen molar-refractivity contribution >= 4 is 16.5 Å². The summed E-state index contributed by atoms with van der Waals surface area (Å²) in [5, 5.41) is 0. The van der Waals surface area contributed by atoms with E-state index in [0.717, 1.165) is 31.3 Å². The SMILES string of the molecule is CCCCCC(C(=O)O[SiH3])=C(CCCC)CCCC. The van der Waals surface area contributed by atoms with Gasteiger partial charge in [-0.2, -0.15) is 0 Å². The van der Waals surface area contributed by atoms with Crippen LogP contribution in [0.4, 0.5) is 0 Å². The minimum atomic E-state index is -0.0371. The van der Waals surface area contributed by atoms with Crippen molar-refractivity contribution in [2.24, 2.45) is 0 Å². The topological polar surface area (TPSA) is 26.3 Å². The number of hydrogen-bond acceptors (Lipinski definition) is 2. The van der Waals surface area contributed by atoms with Gasteiger partial charge in [0.15, 0.2) is 0 Å². The molecular formula is C16H32O2Si. The zero-order chi connectivity index (χ0) is 14.5. The van der Waals surface area contributed by atoms with Gasteiger partial charge in [0.1, 0.15) is 0 Å². The molecule has 0 aliphatic rings. The first-order chi connectivity index (χ1) is 9.21. The van der Waals surface area contributed by atoms with Gasteiger partial charge in [0.05, 0.1) is 0 Å². The van der Waals surface area contributed by atoms with Gasteiger partial charge in [0.2, 0.25) is 10.5 Å². The molecule has 0 aliphatic carbocycles. The van der Waals surface area contributed by atoms with Crippen LogP contribution in [0.15, 0.2) is 11.1 Å². The minimum Gasteiger partial charge on any atom is -0.525 e. The smallest absolute Gasteiger partial charge is 0.319 e. The van der Waals surface area contributed by atoms with E-state index < -0.39 is 0 Å². The van der Waals surface area contributed by atoms with Crippen LogP contribution in [0.2, 0.25) is 0 Å². The van der Waals surface area contributed by atoms with E-state index in [1.807, 2.05) is 0 Å². The van der Waals surface area contributed by atoms with Gasteiger partial charge in [-0.15, -0.1) is 0 Å². The second-order valence-corrected chi connectivity index (χ2v) is 5.65. The van der Waals surface area contributed by atoms with Crippen LogP contribution in [0, 0.1) is 0 Å². The van der Waals surface area contributed by atoms with Gasteiger partial charge in [-0.1, -0.05) is 52.0 Å². The summed E-state index contributed by atoms with van der Waals surface area (Å²) in [6.45, 7) is 6.61. The summed E-state index contributed by atoms with van der Waals surface area (Å²) >= 11 is 0. The molecule has 0 unspecified atom stereocenters. The third-order valence-electron chi connectivity index (χ3n) is 3.55. The van der Waals surface area contributed by atoms with Crippen LogP contribution in [-0.2, 0) is 9.22 Å². The summed E-state index contributed by atoms with van der Waals surface area (Å²) in [5.74, 6) is -0.0371. The molecule has 0 N–H and O–H groups in total. The summed E-state index contributed by atoms with van der Waals surface area (Å²) in [5.41, 5.74) is 2.38. The standard InChI is InChI=1S/C16H32O2Si/c1-4-7-10-13-15(16(17)18-19)14(11-8-5-2)12-9-6-3/h4-13H2,1-3,19H3. The Bertz CT molecular complexity index is 262. The first-order valence-electron chi connectivity index (χ1n) is 8.00. The van der Waals surface area contributed by atoms with Crippen molar-refractivity contribution in [2.75, 3.05) is 0 Å². The van der Waals surface area contributed by atoms with Crippen LogP contribution in [0.5, 0.6) is 0 Å². The highest BCUT2D eigenvalue weighted by molar-refractivity contribution is 6.09. The molecule has 0 saturated heterocycles. The minimum absolute atomic E-state index is 0.0371. The van der Waals surface area contributed by atoms with Crippen LogP contribution in [0.3, 0.4) is 0 Å². The number of allylic oxidation sites excluding steroid dienone is 1. The number of carbonyl (C=O) groups excluding carboxylic acids is 1. The molecule has 3 heteroatoms. The van der Waals surface area contributed by atoms with E-state index in [1.165, 1.54) is 44.1 Å². The van der Waals surface area contributed by atoms with Gasteiger partial charge in [0, 0.05) is 5.57 Å². The van der Waals surface area contributed by atoms with Crippen molar-refractivity contribution < 1.29 is 9.22 Å². The van der Waals surface area contributed by atoms with E-state index in [4.69, 9.17) is 4.43 Å². The maximum Gasteiger partial charge on any atom is 0.319 e. The second kappa shape index (κ2) is 12.5. The molecule has 0 spiro atoms. The molecule has 0 bridgehead atoms. The van der Waals surface area contributed by atoms with E-state index >= 15 is 0 Å². The first kappa shape index (κ1) is 18.4. The molecule has 0 aromatic carbocycles. The number of carbonyl (C=O) groups is 1. The van der Waals surface area contributed by atoms with Crippen molar-refractivity contribution in [1.29, 1.82) is 0 Å². The van der Waals surface area contributed by atoms with E-state index in [9.17, 15) is 4.79 Å². The van der Waals surface area contributed by atoms with Crippen LogP contribution < -0.4 is 0 Å². The summed E-state index contributed by atoms with van der Waals surface area (Å²) in [4.78, 5) is 12.0. The lowest BCUT2D eigenvalue weighted by molar-refractivity contribution is -0.130. The highest BCUT2D eigenvalue weighted by Gasteiger charge is 2.14. The zero-order valence-corrected chi connectivity index (χ0v) is 15.4. The number of rotatable bonds is 11. The van der Waals surface area contributed by atoms with Crippen molar-refractivity contribution in [2.45, 2.75) is 85.0 Å². The lowest BCUT2D eigenvalue weighted by Gasteiger charge is -2.14. The molecule has 112 valence electrons. The summed E-state index contributed by atoms with van der Waals surface area (Å²) in [7, 11) is 0.502. The fourth-order valence-electron chi connectivity index (χ4n) is 2.31. The monoisotopic (exact) mass is 284 g/mol. The fraction of sp³-hybridized carbons (Fsp3) is 0.812. The summed E-state index contributed by atoms with van der Waals surface area (Å²) in [6, 6.07) is 0. The van der Waals surface area contributed by atoms with E-state index in [2.05, 4.69) is 20.8 Å². The average Bonchev–Trinajstić information content (AvgIpc) is 2.44. The third-order valence-corrected chi connectivity index (χ3v) is 3.92. The van der Waals surface area contributed by atoms with E-state index in [1.54, 1.807) is 0 Å². The lowest BCUT2D eigenvalue weighted by Crippen LogP contribution is -2.09. The number of unbranched alkanes of at least 4 members (excludes halogenated alkanes) is 4. The molecular weight excluding hydrogens is 252 g/mol. The Balaban J connectivity index is 4.86. The molecule has 0 rings (SSSR count). The van der Waals surface area contributed by atoms with Crippen LogP contribution in [0.1, 0.15) is 85.0 Å². The van der Waals surface area contributed by atoms with Crippen molar-refractivity contribution in [1.82, 2.24) is 0 Å². The Kier molecular flexibility index (Phi) is 12.1. The van der Waals surface area contributed by atoms with Crippen molar-refractivity contribution in [3.05, 3.63) is 11.1 Å². The second-order valence-electron chi connectivity index (χ2n) is 5.24. The Morgan fingerprint density at radius 2 is 1.37 bits per heavy atom. The van der Waals surface area contributed by atoms with Crippen LogP contribution in [-0.4, -0.2) is 16.5 Å². The zero-order valence-electron chi connectivity index (χ0n) is 13.4. The van der Waals surface area contributed by atoms with Crippen LogP contribution >= 0.6 is 0 Å². The highest BCUT2D eigenvalue weighted by Crippen LogP contribution is 2.24. The normalized spacial score (nSPS) is 10.5. The Labute approximate surface area is 122 Å². The maximum atomic E-state index is 12.0. The molecule has 0 aromatic heterocycles. The first-order valence-corrected chi connectivity index (χ1v) is 8.81. The van der Waals surface area contributed by atoms with Crippen LogP contribution in [0.25, 0.3) is 0 Å². The quantitative estimate of drug-likeness (QED) is 0.325. The van der Waals surface area contributed by atoms with Gasteiger partial charge in [-0.05, 0) is 38.5 Å². The van der Waals surface area contributed by atoms with Gasteiger partial charge < -0.3 is 4.43 Å². The molecule has 0 fully saturated rings. The molecule has 2 nitrogen and oxygen atoms in total. The molecule has 0 atom stereocenters. The predicted octanol–water partition coefficient (Wildman–Crippen LogP) is 4.07. The van der Waals surface area contributed by atoms with Crippen molar-refractivity contribution in [3.8, 4) is 0 Å². The van der Waals surface area contributed by atoms with Gasteiger partial charge in [-0.3, -0.25) is 0 Å². The molecule has 0 saturated carbocycles. The van der Waals surface area contributed by atoms with Gasteiger partial charge in [0.25, 0.3) is 0 Å². The Hall–Kier alpha value is -0.573. The predicted molar refractivity (Wildman–Crippen MR) is 86.2 cm³/mol. The molecule has 0 radical (unpaired) electrons. The molecule has 0 aromatic rings. The summed E-state index contributed by atoms with van der Waals surface area (Å²) < 4.78 is 5.13. The van der Waals surface area contributed by atoms with E-state index in [0.29, 0.717) is 10.5 Å². The van der Waals surface area contributed by atoms with E-state index in [-0.39, 0.29) is 5.97 Å². The molecule has 0 amide bonds. The Morgan fingerprint density at radius 3 is 1.79 bits per heavy atom. The highest BCUT2D eigenvalue weighted by atomic mass is 28.2. The largest absolute Gasteiger partial charge is 0.525 e. The molecule has 19 heavy (non-hydrogen) atoms. The fourth-order valence-corrected chi connectivity index (χ4v) is 2.55. The van der Waals surface area contributed by atoms with Crippen molar-refractivity contribution in [3.63, 3.8) is 0 Å². The average molecular weight is 285 g/mol. The lowest BCUT2D eigenvalue weighted by atomic mass is 9.94. The third kappa shape index (κ3) is 8.25.